The largest absolute Gasteiger partial charge is 0.474 e. The summed E-state index contributed by atoms with van der Waals surface area (Å²) in [5.41, 5.74) is 2.17. The smallest absolute Gasteiger partial charge is 0.262 e. The van der Waals surface area contributed by atoms with Crippen LogP contribution in [0.15, 0.2) is 37.1 Å². The Morgan fingerprint density at radius 3 is 2.88 bits per heavy atom. The Morgan fingerprint density at radius 2 is 2.15 bits per heavy atom. The fourth-order valence-electron chi connectivity index (χ4n) is 4.98. The number of aromatic nitrogens is 6. The van der Waals surface area contributed by atoms with Crippen molar-refractivity contribution in [3.05, 3.63) is 48.3 Å². The van der Waals surface area contributed by atoms with Gasteiger partial charge in [-0.1, -0.05) is 0 Å². The lowest BCUT2D eigenvalue weighted by atomic mass is 9.84. The van der Waals surface area contributed by atoms with Crippen molar-refractivity contribution in [1.29, 1.82) is 0 Å². The monoisotopic (exact) mass is 447 g/mol. The molecule has 2 bridgehead atoms. The number of amides is 1. The van der Waals surface area contributed by atoms with E-state index in [1.807, 2.05) is 20.0 Å². The molecule has 1 N–H and O–H groups in total. The molecule has 0 unspecified atom stereocenters. The maximum Gasteiger partial charge on any atom is 0.262 e. The summed E-state index contributed by atoms with van der Waals surface area (Å²) >= 11 is 0. The summed E-state index contributed by atoms with van der Waals surface area (Å²) in [6, 6.07) is 1.77. The quantitative estimate of drug-likeness (QED) is 0.501. The van der Waals surface area contributed by atoms with Gasteiger partial charge in [0.05, 0.1) is 30.2 Å². The van der Waals surface area contributed by atoms with Crippen molar-refractivity contribution in [3.8, 4) is 5.88 Å². The molecule has 2 aliphatic rings. The van der Waals surface area contributed by atoms with Crippen molar-refractivity contribution in [2.75, 3.05) is 11.9 Å². The first-order valence-corrected chi connectivity index (χ1v) is 11.1. The van der Waals surface area contributed by atoms with Crippen LogP contribution >= 0.6 is 0 Å². The van der Waals surface area contributed by atoms with E-state index in [0.29, 0.717) is 29.3 Å². The lowest BCUT2D eigenvalue weighted by Crippen LogP contribution is -2.26. The molecular weight excluding hydrogens is 422 g/mol. The number of hydrogen-bond donors (Lipinski definition) is 1. The molecule has 33 heavy (non-hydrogen) atoms. The van der Waals surface area contributed by atoms with E-state index in [1.165, 1.54) is 0 Å². The molecule has 6 rings (SSSR count). The number of carbonyl (C=O) groups excluding carboxylic acids is 1. The average Bonchev–Trinajstić information content (AvgIpc) is 3.54. The highest BCUT2D eigenvalue weighted by Gasteiger charge is 2.55. The molecule has 1 saturated heterocycles. The van der Waals surface area contributed by atoms with Crippen LogP contribution in [0.1, 0.15) is 56.1 Å². The third kappa shape index (κ3) is 3.24. The van der Waals surface area contributed by atoms with Gasteiger partial charge in [0, 0.05) is 30.2 Å². The fourth-order valence-corrected chi connectivity index (χ4v) is 4.98. The highest BCUT2D eigenvalue weighted by Crippen LogP contribution is 2.53. The Kier molecular flexibility index (Phi) is 4.25. The van der Waals surface area contributed by atoms with E-state index >= 15 is 0 Å². The number of ether oxygens (including phenoxy) is 2. The second-order valence-corrected chi connectivity index (χ2v) is 9.56. The molecule has 1 saturated carbocycles. The van der Waals surface area contributed by atoms with Gasteiger partial charge in [-0.2, -0.15) is 10.1 Å². The van der Waals surface area contributed by atoms with Crippen LogP contribution in [-0.2, 0) is 10.2 Å². The number of anilines is 1. The maximum absolute atomic E-state index is 13.3. The standard InChI is InChI=1S/C23H25N7O3/c1-14(2)33-20-15(19(31)26-16-9-25-30-8-4-7-24-18(16)30)10-29-11-17(27-21(29)28-20)23-6-5-22(3,12-23)32-13-23/h4,7-11,14H,5-6,12-13H2,1-3H3,(H,26,31)/t22-,23-/m1/s1. The normalized spacial score (nSPS) is 24.2. The fraction of sp³-hybridized carbons (Fsp3) is 0.435. The van der Waals surface area contributed by atoms with Crippen LogP contribution in [0.5, 0.6) is 5.88 Å². The van der Waals surface area contributed by atoms with Crippen LogP contribution in [-0.4, -0.2) is 53.2 Å². The summed E-state index contributed by atoms with van der Waals surface area (Å²) < 4.78 is 15.4. The van der Waals surface area contributed by atoms with E-state index in [-0.39, 0.29) is 28.9 Å². The highest BCUT2D eigenvalue weighted by molar-refractivity contribution is 6.07. The molecule has 10 heteroatoms. The SMILES string of the molecule is CC(C)Oc1nc2nc([C@]34CC[C@](C)(C3)OC4)cn2cc1C(=O)Nc1cnn2cccnc12. The summed E-state index contributed by atoms with van der Waals surface area (Å²) in [5, 5.41) is 7.12. The Morgan fingerprint density at radius 1 is 1.27 bits per heavy atom. The third-order valence-corrected chi connectivity index (χ3v) is 6.62. The van der Waals surface area contributed by atoms with Crippen LogP contribution in [0, 0.1) is 0 Å². The molecule has 10 nitrogen and oxygen atoms in total. The van der Waals surface area contributed by atoms with Gasteiger partial charge in [0.2, 0.25) is 11.7 Å². The zero-order valence-corrected chi connectivity index (χ0v) is 18.8. The lowest BCUT2D eigenvalue weighted by Gasteiger charge is -2.24. The highest BCUT2D eigenvalue weighted by atomic mass is 16.5. The minimum absolute atomic E-state index is 0.0669. The van der Waals surface area contributed by atoms with Gasteiger partial charge in [-0.15, -0.1) is 0 Å². The minimum Gasteiger partial charge on any atom is -0.474 e. The molecule has 4 aromatic rings. The van der Waals surface area contributed by atoms with E-state index in [9.17, 15) is 4.79 Å². The van der Waals surface area contributed by atoms with Gasteiger partial charge in [-0.25, -0.2) is 14.5 Å². The van der Waals surface area contributed by atoms with Gasteiger partial charge >= 0.3 is 0 Å². The first-order valence-electron chi connectivity index (χ1n) is 11.1. The van der Waals surface area contributed by atoms with Gasteiger partial charge in [0.15, 0.2) is 5.65 Å². The predicted molar refractivity (Wildman–Crippen MR) is 120 cm³/mol. The first kappa shape index (κ1) is 20.1. The summed E-state index contributed by atoms with van der Waals surface area (Å²) in [6.45, 7) is 6.63. The first-order chi connectivity index (χ1) is 15.8. The number of fused-ring (bicyclic) bond motifs is 4. The topological polar surface area (TPSA) is 108 Å². The number of nitrogens with zero attached hydrogens (tertiary/aromatic N) is 6. The molecule has 2 fully saturated rings. The Hall–Kier alpha value is -3.53. The summed E-state index contributed by atoms with van der Waals surface area (Å²) in [5.74, 6) is 0.393. The van der Waals surface area contributed by atoms with Crippen molar-refractivity contribution >= 4 is 23.0 Å². The molecule has 1 aliphatic heterocycles. The predicted octanol–water partition coefficient (Wildman–Crippen LogP) is 3.02. The number of nitrogens with one attached hydrogen (secondary N) is 1. The molecule has 0 aromatic carbocycles. The molecular formula is C23H25N7O3. The van der Waals surface area contributed by atoms with Crippen LogP contribution in [0.2, 0.25) is 0 Å². The van der Waals surface area contributed by atoms with Gasteiger partial charge < -0.3 is 14.8 Å². The molecule has 2 atom stereocenters. The molecule has 170 valence electrons. The third-order valence-electron chi connectivity index (χ3n) is 6.62. The molecule has 0 spiro atoms. The van der Waals surface area contributed by atoms with Gasteiger partial charge in [-0.05, 0) is 46.1 Å². The van der Waals surface area contributed by atoms with Crippen LogP contribution in [0.3, 0.4) is 0 Å². The van der Waals surface area contributed by atoms with Gasteiger partial charge in [0.25, 0.3) is 5.91 Å². The van der Waals surface area contributed by atoms with Crippen molar-refractivity contribution in [2.24, 2.45) is 0 Å². The second-order valence-electron chi connectivity index (χ2n) is 9.56. The Labute approximate surface area is 190 Å². The van der Waals surface area contributed by atoms with E-state index in [1.54, 1.807) is 39.8 Å². The van der Waals surface area contributed by atoms with Gasteiger partial charge in [-0.3, -0.25) is 9.20 Å². The zero-order valence-electron chi connectivity index (χ0n) is 18.8. The van der Waals surface area contributed by atoms with Crippen LogP contribution < -0.4 is 10.1 Å². The Balaban J connectivity index is 1.39. The maximum atomic E-state index is 13.3. The lowest BCUT2D eigenvalue weighted by molar-refractivity contribution is -0.00627. The van der Waals surface area contributed by atoms with Gasteiger partial charge in [0.1, 0.15) is 11.3 Å². The van der Waals surface area contributed by atoms with Crippen LogP contribution in [0.25, 0.3) is 11.4 Å². The van der Waals surface area contributed by atoms with E-state index in [2.05, 4.69) is 27.3 Å². The second kappa shape index (κ2) is 6.98. The van der Waals surface area contributed by atoms with Crippen molar-refractivity contribution < 1.29 is 14.3 Å². The zero-order chi connectivity index (χ0) is 22.8. The van der Waals surface area contributed by atoms with Crippen molar-refractivity contribution in [2.45, 2.75) is 57.2 Å². The van der Waals surface area contributed by atoms with Crippen molar-refractivity contribution in [3.63, 3.8) is 0 Å². The van der Waals surface area contributed by atoms with E-state index in [4.69, 9.17) is 14.5 Å². The minimum atomic E-state index is -0.355. The molecule has 4 aromatic heterocycles. The van der Waals surface area contributed by atoms with E-state index < -0.39 is 0 Å². The number of hydrogen-bond acceptors (Lipinski definition) is 7. The summed E-state index contributed by atoms with van der Waals surface area (Å²) in [7, 11) is 0. The number of imidazole rings is 1. The van der Waals surface area contributed by atoms with Crippen LogP contribution in [0.4, 0.5) is 5.69 Å². The van der Waals surface area contributed by atoms with E-state index in [0.717, 1.165) is 25.0 Å². The molecule has 0 radical (unpaired) electrons. The Bertz CT molecular complexity index is 1380. The molecule has 1 aliphatic carbocycles. The van der Waals surface area contributed by atoms with Crippen molar-refractivity contribution in [1.82, 2.24) is 29.0 Å². The summed E-state index contributed by atoms with van der Waals surface area (Å²) in [4.78, 5) is 27.0. The molecule has 1 amide bonds. The summed E-state index contributed by atoms with van der Waals surface area (Å²) in [6.07, 6.45) is 11.6. The number of carbonyl (C=O) groups is 1. The molecule has 5 heterocycles. The average molecular weight is 447 g/mol. The number of rotatable bonds is 5.